The van der Waals surface area contributed by atoms with Gasteiger partial charge in [-0.25, -0.2) is 15.0 Å². The zero-order valence-electron chi connectivity index (χ0n) is 28.3. The van der Waals surface area contributed by atoms with Gasteiger partial charge >= 0.3 is 0 Å². The number of pyridine rings is 1. The van der Waals surface area contributed by atoms with Gasteiger partial charge in [0.2, 0.25) is 5.95 Å². The van der Waals surface area contributed by atoms with Crippen molar-refractivity contribution in [1.82, 2.24) is 28.5 Å². The van der Waals surface area contributed by atoms with Gasteiger partial charge in [0, 0.05) is 43.6 Å². The molecule has 0 aliphatic heterocycles. The number of hydrogen-bond acceptors (Lipinski definition) is 3. The predicted molar refractivity (Wildman–Crippen MR) is 217 cm³/mol. The Morgan fingerprint density at radius 2 is 0.925 bits per heavy atom. The number of fused-ring (bicyclic) bond motifs is 14. The SMILES string of the molecule is c1ccc(-c2nc(-n3c4ccc(-n5c6ccccc6c6ccccc65)cc4c4c3nc3c5ccccc5c5ccccc5n34)nc3ccccc23)cc1. The number of rotatable bonds is 3. The van der Waals surface area contributed by atoms with Crippen LogP contribution in [0.1, 0.15) is 0 Å². The van der Waals surface area contributed by atoms with Gasteiger partial charge in [-0.05, 0) is 47.9 Å². The third-order valence-corrected chi connectivity index (χ3v) is 10.8. The highest BCUT2D eigenvalue weighted by atomic mass is 15.2. The summed E-state index contributed by atoms with van der Waals surface area (Å²) in [5.74, 6) is 0.587. The number of para-hydroxylation sites is 4. The van der Waals surface area contributed by atoms with E-state index >= 15 is 0 Å². The molecule has 53 heavy (non-hydrogen) atoms. The molecule has 246 valence electrons. The predicted octanol–water partition coefficient (Wildman–Crippen LogP) is 11.4. The second-order valence-electron chi connectivity index (χ2n) is 13.7. The largest absolute Gasteiger partial charge is 0.309 e. The summed E-state index contributed by atoms with van der Waals surface area (Å²) in [5.41, 5.74) is 11.1. The molecule has 6 heteroatoms. The van der Waals surface area contributed by atoms with E-state index in [4.69, 9.17) is 15.0 Å². The van der Waals surface area contributed by atoms with Crippen LogP contribution in [0.5, 0.6) is 0 Å². The van der Waals surface area contributed by atoms with Crippen molar-refractivity contribution in [2.24, 2.45) is 0 Å². The van der Waals surface area contributed by atoms with E-state index in [2.05, 4.69) is 171 Å². The van der Waals surface area contributed by atoms with Crippen LogP contribution in [0.4, 0.5) is 0 Å². The molecule has 0 unspecified atom stereocenters. The van der Waals surface area contributed by atoms with Crippen LogP contribution in [0, 0.1) is 0 Å². The maximum absolute atomic E-state index is 5.52. The number of aromatic nitrogens is 6. The molecule has 6 nitrogen and oxygen atoms in total. The summed E-state index contributed by atoms with van der Waals surface area (Å²) in [4.78, 5) is 16.1. The Balaban J connectivity index is 1.27. The topological polar surface area (TPSA) is 52.9 Å². The van der Waals surface area contributed by atoms with Gasteiger partial charge in [-0.15, -0.1) is 0 Å². The fourth-order valence-electron chi connectivity index (χ4n) is 8.58. The quantitative estimate of drug-likeness (QED) is 0.175. The van der Waals surface area contributed by atoms with E-state index < -0.39 is 0 Å². The summed E-state index contributed by atoms with van der Waals surface area (Å²) < 4.78 is 6.89. The van der Waals surface area contributed by atoms with Crippen LogP contribution in [0.2, 0.25) is 0 Å². The van der Waals surface area contributed by atoms with Gasteiger partial charge in [-0.2, -0.15) is 0 Å². The molecule has 0 bridgehead atoms. The third kappa shape index (κ3) is 3.89. The standard InChI is InChI=1S/C47H28N6/c1-2-14-29(15-3-1)43-36-21-6-10-22-38(36)48-47(49-43)53-42-27-26-30(51-39-23-11-8-18-33(39)34-19-9-12-24-40(34)51)28-37(42)44-46(53)50-45-35-20-5-4-16-31(35)32-17-7-13-25-41(32)52(44)45/h1-28H. The Morgan fingerprint density at radius 1 is 0.358 bits per heavy atom. The monoisotopic (exact) mass is 676 g/mol. The van der Waals surface area contributed by atoms with Crippen molar-refractivity contribution < 1.29 is 0 Å². The van der Waals surface area contributed by atoms with E-state index in [1.54, 1.807) is 0 Å². The Hall–Kier alpha value is -7.31. The molecule has 0 fully saturated rings. The number of hydrogen-bond donors (Lipinski definition) is 0. The maximum atomic E-state index is 5.52. The van der Waals surface area contributed by atoms with Crippen molar-refractivity contribution in [2.75, 3.05) is 0 Å². The van der Waals surface area contributed by atoms with Gasteiger partial charge in [-0.3, -0.25) is 8.97 Å². The fourth-order valence-corrected chi connectivity index (χ4v) is 8.58. The van der Waals surface area contributed by atoms with Crippen molar-refractivity contribution in [3.63, 3.8) is 0 Å². The molecule has 12 rings (SSSR count). The average molecular weight is 677 g/mol. The van der Waals surface area contributed by atoms with Crippen LogP contribution in [0.25, 0.3) is 105 Å². The van der Waals surface area contributed by atoms with Crippen LogP contribution < -0.4 is 0 Å². The maximum Gasteiger partial charge on any atom is 0.237 e. The van der Waals surface area contributed by atoms with Crippen LogP contribution >= 0.6 is 0 Å². The van der Waals surface area contributed by atoms with Crippen LogP contribution in [-0.4, -0.2) is 28.5 Å². The first-order chi connectivity index (χ1) is 26.3. The molecular formula is C47H28N6. The van der Waals surface area contributed by atoms with Crippen LogP contribution in [-0.2, 0) is 0 Å². The van der Waals surface area contributed by atoms with Gasteiger partial charge in [0.1, 0.15) is 11.2 Å². The Kier molecular flexibility index (Phi) is 5.68. The average Bonchev–Trinajstić information content (AvgIpc) is 3.88. The first-order valence-corrected chi connectivity index (χ1v) is 17.9. The molecule has 0 aliphatic rings. The molecule has 0 saturated heterocycles. The van der Waals surface area contributed by atoms with Gasteiger partial charge in [0.15, 0.2) is 5.65 Å². The van der Waals surface area contributed by atoms with E-state index in [9.17, 15) is 0 Å². The third-order valence-electron chi connectivity index (χ3n) is 10.8. The number of benzene rings is 7. The van der Waals surface area contributed by atoms with E-state index in [-0.39, 0.29) is 0 Å². The summed E-state index contributed by atoms with van der Waals surface area (Å²) in [6.07, 6.45) is 0. The minimum absolute atomic E-state index is 0.587. The molecular weight excluding hydrogens is 649 g/mol. The molecule has 0 N–H and O–H groups in total. The highest BCUT2D eigenvalue weighted by molar-refractivity contribution is 6.18. The summed E-state index contributed by atoms with van der Waals surface area (Å²) in [7, 11) is 0. The van der Waals surface area contributed by atoms with Crippen molar-refractivity contribution >= 4 is 82.1 Å². The minimum Gasteiger partial charge on any atom is -0.309 e. The Labute approximate surface area is 302 Å². The first kappa shape index (κ1) is 28.4. The van der Waals surface area contributed by atoms with Gasteiger partial charge < -0.3 is 4.57 Å². The van der Waals surface area contributed by atoms with Crippen LogP contribution in [0.15, 0.2) is 170 Å². The Bertz CT molecular complexity index is 3410. The van der Waals surface area contributed by atoms with Gasteiger partial charge in [0.05, 0.1) is 33.3 Å². The normalized spacial score (nSPS) is 12.2. The molecule has 0 radical (unpaired) electrons. The van der Waals surface area contributed by atoms with Crippen molar-refractivity contribution in [2.45, 2.75) is 0 Å². The first-order valence-electron chi connectivity index (χ1n) is 17.9. The summed E-state index contributed by atoms with van der Waals surface area (Å²) in [5, 5.41) is 8.01. The zero-order chi connectivity index (χ0) is 34.6. The lowest BCUT2D eigenvalue weighted by molar-refractivity contribution is 1.00. The lowest BCUT2D eigenvalue weighted by Gasteiger charge is -2.12. The van der Waals surface area contributed by atoms with Crippen LogP contribution in [0.3, 0.4) is 0 Å². The molecule has 0 saturated carbocycles. The molecule has 7 aromatic carbocycles. The lowest BCUT2D eigenvalue weighted by atomic mass is 10.1. The highest BCUT2D eigenvalue weighted by Gasteiger charge is 2.24. The van der Waals surface area contributed by atoms with E-state index in [0.29, 0.717) is 5.95 Å². The zero-order valence-corrected chi connectivity index (χ0v) is 28.3. The molecule has 5 heterocycles. The van der Waals surface area contributed by atoms with E-state index in [0.717, 1.165) is 66.5 Å². The smallest absolute Gasteiger partial charge is 0.237 e. The molecule has 0 spiro atoms. The molecule has 12 aromatic rings. The second-order valence-corrected chi connectivity index (χ2v) is 13.7. The molecule has 5 aromatic heterocycles. The summed E-state index contributed by atoms with van der Waals surface area (Å²) in [6.45, 7) is 0. The van der Waals surface area contributed by atoms with Crippen molar-refractivity contribution in [3.8, 4) is 22.9 Å². The highest BCUT2D eigenvalue weighted by Crippen LogP contribution is 2.40. The Morgan fingerprint density at radius 3 is 1.66 bits per heavy atom. The van der Waals surface area contributed by atoms with Gasteiger partial charge in [-0.1, -0.05) is 127 Å². The van der Waals surface area contributed by atoms with E-state index in [1.165, 1.54) is 32.6 Å². The van der Waals surface area contributed by atoms with Gasteiger partial charge in [0.25, 0.3) is 0 Å². The number of imidazole rings is 1. The van der Waals surface area contributed by atoms with E-state index in [1.807, 2.05) is 12.1 Å². The molecule has 0 atom stereocenters. The number of nitrogens with zero attached hydrogens (tertiary/aromatic N) is 6. The summed E-state index contributed by atoms with van der Waals surface area (Å²) >= 11 is 0. The van der Waals surface area contributed by atoms with Crippen molar-refractivity contribution in [3.05, 3.63) is 170 Å². The lowest BCUT2D eigenvalue weighted by Crippen LogP contribution is -2.04. The molecule has 0 aliphatic carbocycles. The molecule has 0 amide bonds. The second kappa shape index (κ2) is 10.6. The summed E-state index contributed by atoms with van der Waals surface area (Å²) in [6, 6.07) is 60.0. The minimum atomic E-state index is 0.587. The van der Waals surface area contributed by atoms with Crippen molar-refractivity contribution in [1.29, 1.82) is 0 Å². The fraction of sp³-hybridized carbons (Fsp3) is 0.